The van der Waals surface area contributed by atoms with Crippen LogP contribution >= 0.6 is 0 Å². The molecule has 0 bridgehead atoms. The largest absolute Gasteiger partial charge is 0.397 e. The summed E-state index contributed by atoms with van der Waals surface area (Å²) in [5.74, 6) is 0. The standard InChI is InChI=1S/C22H21N7O/c1-4-28-12-20(13(2)26-28)29-21-17-8-14(15-7-16(23)10-24-9-15)5-6-18(17)25-11-19(21)27(3)22(29)30/h5-12H,4,23H2,1-3H3. The van der Waals surface area contributed by atoms with Gasteiger partial charge in [0.25, 0.3) is 0 Å². The van der Waals surface area contributed by atoms with Crippen molar-refractivity contribution < 1.29 is 0 Å². The van der Waals surface area contributed by atoms with Crippen LogP contribution in [0.25, 0.3) is 38.8 Å². The van der Waals surface area contributed by atoms with Gasteiger partial charge in [-0.1, -0.05) is 6.07 Å². The number of aryl methyl sites for hydroxylation is 3. The summed E-state index contributed by atoms with van der Waals surface area (Å²) in [6, 6.07) is 7.87. The third-order valence-electron chi connectivity index (χ3n) is 5.46. The maximum atomic E-state index is 13.2. The van der Waals surface area contributed by atoms with Gasteiger partial charge < -0.3 is 5.73 Å². The highest BCUT2D eigenvalue weighted by Gasteiger charge is 2.19. The number of anilines is 1. The molecule has 0 amide bonds. The van der Waals surface area contributed by atoms with E-state index in [1.54, 1.807) is 34.8 Å². The molecule has 0 fully saturated rings. The molecule has 0 spiro atoms. The van der Waals surface area contributed by atoms with Crippen LogP contribution in [0.1, 0.15) is 12.6 Å². The van der Waals surface area contributed by atoms with Gasteiger partial charge >= 0.3 is 5.69 Å². The fourth-order valence-corrected chi connectivity index (χ4v) is 3.90. The van der Waals surface area contributed by atoms with Crippen LogP contribution in [0.15, 0.2) is 53.8 Å². The van der Waals surface area contributed by atoms with Gasteiger partial charge in [0.1, 0.15) is 0 Å². The first-order chi connectivity index (χ1) is 14.5. The minimum absolute atomic E-state index is 0.130. The molecule has 4 heterocycles. The van der Waals surface area contributed by atoms with Gasteiger partial charge in [0.15, 0.2) is 0 Å². The van der Waals surface area contributed by atoms with Crippen molar-refractivity contribution in [2.75, 3.05) is 5.73 Å². The highest BCUT2D eigenvalue weighted by molar-refractivity contribution is 6.04. The van der Waals surface area contributed by atoms with Crippen LogP contribution in [0.4, 0.5) is 5.69 Å². The lowest BCUT2D eigenvalue weighted by molar-refractivity contribution is 0.653. The quantitative estimate of drug-likeness (QED) is 0.503. The highest BCUT2D eigenvalue weighted by atomic mass is 16.1. The van der Waals surface area contributed by atoms with E-state index in [1.165, 1.54) is 0 Å². The van der Waals surface area contributed by atoms with Crippen LogP contribution in [0, 0.1) is 6.92 Å². The Hall–Kier alpha value is -3.94. The van der Waals surface area contributed by atoms with Gasteiger partial charge in [0, 0.05) is 43.1 Å². The smallest absolute Gasteiger partial charge is 0.333 e. The fourth-order valence-electron chi connectivity index (χ4n) is 3.90. The first-order valence-corrected chi connectivity index (χ1v) is 9.73. The second-order valence-electron chi connectivity index (χ2n) is 7.36. The van der Waals surface area contributed by atoms with Crippen molar-refractivity contribution in [2.24, 2.45) is 7.05 Å². The molecule has 30 heavy (non-hydrogen) atoms. The summed E-state index contributed by atoms with van der Waals surface area (Å²) < 4.78 is 5.19. The third-order valence-corrected chi connectivity index (χ3v) is 5.46. The van der Waals surface area contributed by atoms with E-state index in [0.29, 0.717) is 5.69 Å². The number of nitrogens with two attached hydrogens (primary N) is 1. The molecule has 0 aliphatic rings. The average Bonchev–Trinajstić information content (AvgIpc) is 3.24. The lowest BCUT2D eigenvalue weighted by Crippen LogP contribution is -2.21. The van der Waals surface area contributed by atoms with E-state index >= 15 is 0 Å². The second-order valence-corrected chi connectivity index (χ2v) is 7.36. The Morgan fingerprint density at radius 1 is 1.10 bits per heavy atom. The topological polar surface area (TPSA) is 96.5 Å². The normalized spacial score (nSPS) is 11.6. The third kappa shape index (κ3) is 2.61. The molecule has 0 unspecified atom stereocenters. The number of hydrogen-bond acceptors (Lipinski definition) is 5. The molecule has 0 saturated heterocycles. The summed E-state index contributed by atoms with van der Waals surface area (Å²) in [7, 11) is 1.76. The van der Waals surface area contributed by atoms with Crippen molar-refractivity contribution in [1.82, 2.24) is 28.9 Å². The maximum absolute atomic E-state index is 13.2. The van der Waals surface area contributed by atoms with E-state index in [0.717, 1.165) is 51.0 Å². The summed E-state index contributed by atoms with van der Waals surface area (Å²) in [5.41, 5.74) is 12.2. The predicted octanol–water partition coefficient (Wildman–Crippen LogP) is 3.05. The number of hydrogen-bond donors (Lipinski definition) is 1. The van der Waals surface area contributed by atoms with Crippen LogP contribution in [-0.4, -0.2) is 28.9 Å². The molecule has 0 aliphatic heterocycles. The van der Waals surface area contributed by atoms with Gasteiger partial charge in [0.05, 0.1) is 39.8 Å². The number of fused-ring (bicyclic) bond motifs is 3. The number of nitrogens with zero attached hydrogens (tertiary/aromatic N) is 6. The average molecular weight is 399 g/mol. The molecule has 0 atom stereocenters. The SMILES string of the molecule is CCn1cc(-n2c(=O)n(C)c3cnc4ccc(-c5cncc(N)c5)cc4c32)c(C)n1. The van der Waals surface area contributed by atoms with Crippen molar-refractivity contribution >= 4 is 27.6 Å². The molecule has 0 aliphatic carbocycles. The molecule has 4 aromatic heterocycles. The Balaban J connectivity index is 1.88. The van der Waals surface area contributed by atoms with Crippen LogP contribution in [0.5, 0.6) is 0 Å². The zero-order valence-electron chi connectivity index (χ0n) is 17.0. The van der Waals surface area contributed by atoms with Crippen molar-refractivity contribution in [3.63, 3.8) is 0 Å². The van der Waals surface area contributed by atoms with E-state index in [9.17, 15) is 4.79 Å². The lowest BCUT2D eigenvalue weighted by atomic mass is 10.0. The first kappa shape index (κ1) is 18.1. The summed E-state index contributed by atoms with van der Waals surface area (Å²) in [6.45, 7) is 4.67. The highest BCUT2D eigenvalue weighted by Crippen LogP contribution is 2.30. The maximum Gasteiger partial charge on any atom is 0.333 e. The molecule has 2 N–H and O–H groups in total. The van der Waals surface area contributed by atoms with Gasteiger partial charge in [-0.25, -0.2) is 4.79 Å². The van der Waals surface area contributed by atoms with Crippen LogP contribution in [-0.2, 0) is 13.6 Å². The zero-order chi connectivity index (χ0) is 21.0. The Bertz CT molecular complexity index is 1490. The predicted molar refractivity (Wildman–Crippen MR) is 118 cm³/mol. The van der Waals surface area contributed by atoms with E-state index in [2.05, 4.69) is 15.1 Å². The number of pyridine rings is 2. The first-order valence-electron chi connectivity index (χ1n) is 9.73. The minimum atomic E-state index is -0.130. The molecular weight excluding hydrogens is 378 g/mol. The summed E-state index contributed by atoms with van der Waals surface area (Å²) >= 11 is 0. The van der Waals surface area contributed by atoms with Gasteiger partial charge in [0.2, 0.25) is 0 Å². The fraction of sp³-hybridized carbons (Fsp3) is 0.182. The number of aromatic nitrogens is 6. The van der Waals surface area contributed by atoms with Crippen LogP contribution in [0.3, 0.4) is 0 Å². The Kier molecular flexibility index (Phi) is 3.95. The summed E-state index contributed by atoms with van der Waals surface area (Å²) in [6.07, 6.45) is 7.05. The summed E-state index contributed by atoms with van der Waals surface area (Å²) in [5, 5.41) is 5.41. The number of rotatable bonds is 3. The molecule has 8 heteroatoms. The molecule has 1 aromatic carbocycles. The van der Waals surface area contributed by atoms with Gasteiger partial charge in [-0.2, -0.15) is 5.10 Å². The van der Waals surface area contributed by atoms with Crippen molar-refractivity contribution in [1.29, 1.82) is 0 Å². The number of nitrogen functional groups attached to an aromatic ring is 1. The van der Waals surface area contributed by atoms with E-state index < -0.39 is 0 Å². The van der Waals surface area contributed by atoms with Crippen molar-refractivity contribution in [2.45, 2.75) is 20.4 Å². The van der Waals surface area contributed by atoms with Crippen LogP contribution < -0.4 is 11.4 Å². The zero-order valence-corrected chi connectivity index (χ0v) is 17.0. The Labute approximate surface area is 172 Å². The Morgan fingerprint density at radius 2 is 1.93 bits per heavy atom. The lowest BCUT2D eigenvalue weighted by Gasteiger charge is -2.08. The van der Waals surface area contributed by atoms with E-state index in [4.69, 9.17) is 5.73 Å². The van der Waals surface area contributed by atoms with E-state index in [-0.39, 0.29) is 5.69 Å². The molecule has 0 saturated carbocycles. The van der Waals surface area contributed by atoms with Crippen LogP contribution in [0.2, 0.25) is 0 Å². The molecule has 8 nitrogen and oxygen atoms in total. The van der Waals surface area contributed by atoms with Crippen molar-refractivity contribution in [3.8, 4) is 16.8 Å². The number of imidazole rings is 1. The molecule has 150 valence electrons. The Morgan fingerprint density at radius 3 is 2.67 bits per heavy atom. The van der Waals surface area contributed by atoms with E-state index in [1.807, 2.05) is 49.0 Å². The van der Waals surface area contributed by atoms with Gasteiger partial charge in [-0.15, -0.1) is 0 Å². The molecular formula is C22H21N7O. The minimum Gasteiger partial charge on any atom is -0.397 e. The van der Waals surface area contributed by atoms with Gasteiger partial charge in [-0.05, 0) is 37.6 Å². The molecule has 0 radical (unpaired) electrons. The van der Waals surface area contributed by atoms with Crippen molar-refractivity contribution in [3.05, 3.63) is 65.2 Å². The summed E-state index contributed by atoms with van der Waals surface area (Å²) in [4.78, 5) is 22.0. The molecule has 5 aromatic rings. The van der Waals surface area contributed by atoms with Gasteiger partial charge in [-0.3, -0.25) is 23.8 Å². The second kappa shape index (κ2) is 6.55. The monoisotopic (exact) mass is 399 g/mol. The molecule has 5 rings (SSSR count). The number of benzene rings is 1.